The van der Waals surface area contributed by atoms with Crippen LogP contribution in [-0.4, -0.2) is 19.6 Å². The number of hydrazone groups is 1. The van der Waals surface area contributed by atoms with Crippen LogP contribution in [0.4, 0.5) is 11.4 Å². The molecule has 0 radical (unpaired) electrons. The van der Waals surface area contributed by atoms with Crippen LogP contribution in [0.3, 0.4) is 0 Å². The fraction of sp³-hybridized carbons (Fsp3) is 0.312. The van der Waals surface area contributed by atoms with Crippen LogP contribution in [0.5, 0.6) is 0 Å². The number of primary sulfonamides is 1. The summed E-state index contributed by atoms with van der Waals surface area (Å²) in [5, 5.41) is 20.0. The first-order valence-corrected chi connectivity index (χ1v) is 9.05. The highest BCUT2D eigenvalue weighted by Crippen LogP contribution is 2.27. The maximum atomic E-state index is 11.3. The lowest BCUT2D eigenvalue weighted by atomic mass is 10.1. The Labute approximate surface area is 147 Å². The molecule has 136 valence electrons. The van der Waals surface area contributed by atoms with Gasteiger partial charge in [-0.3, -0.25) is 15.5 Å². The van der Waals surface area contributed by atoms with Crippen LogP contribution >= 0.6 is 0 Å². The second kappa shape index (κ2) is 9.09. The molecule has 0 saturated heterocycles. The number of nitrogens with zero attached hydrogens (tertiary/aromatic N) is 2. The molecule has 0 aliphatic carbocycles. The molecular weight excluding hydrogens is 344 g/mol. The molecule has 3 N–H and O–H groups in total. The molecule has 0 amide bonds. The van der Waals surface area contributed by atoms with Gasteiger partial charge in [-0.2, -0.15) is 5.10 Å². The molecule has 1 rings (SSSR count). The number of hydrogen-bond acceptors (Lipinski definition) is 6. The van der Waals surface area contributed by atoms with E-state index in [4.69, 9.17) is 5.14 Å². The van der Waals surface area contributed by atoms with Gasteiger partial charge >= 0.3 is 0 Å². The largest absolute Gasteiger partial charge is 0.295 e. The average molecular weight is 366 g/mol. The summed E-state index contributed by atoms with van der Waals surface area (Å²) >= 11 is 0. The number of nitrogens with two attached hydrogens (primary N) is 1. The topological polar surface area (TPSA) is 128 Å². The van der Waals surface area contributed by atoms with Gasteiger partial charge in [-0.25, -0.2) is 13.6 Å². The van der Waals surface area contributed by atoms with Gasteiger partial charge in [-0.1, -0.05) is 17.2 Å². The summed E-state index contributed by atoms with van der Waals surface area (Å²) in [7, 11) is -4.01. The molecule has 0 saturated carbocycles. The van der Waals surface area contributed by atoms with Crippen molar-refractivity contribution in [3.8, 4) is 0 Å². The highest BCUT2D eigenvalue weighted by Gasteiger charge is 2.18. The molecule has 0 bridgehead atoms. The molecule has 0 fully saturated rings. The van der Waals surface area contributed by atoms with E-state index in [1.165, 1.54) is 23.9 Å². The Balaban J connectivity index is 2.83. The number of benzene rings is 1. The minimum atomic E-state index is -4.01. The normalized spacial score (nSPS) is 12.2. The number of anilines is 1. The van der Waals surface area contributed by atoms with Gasteiger partial charge in [0.05, 0.1) is 9.82 Å². The Bertz CT molecular complexity index is 823. The smallest absolute Gasteiger partial charge is 0.272 e. The Morgan fingerprint density at radius 3 is 2.60 bits per heavy atom. The van der Waals surface area contributed by atoms with Crippen LogP contribution in [-0.2, 0) is 10.0 Å². The lowest BCUT2D eigenvalue weighted by molar-refractivity contribution is -0.384. The third-order valence-electron chi connectivity index (χ3n) is 3.20. The van der Waals surface area contributed by atoms with Gasteiger partial charge in [-0.05, 0) is 51.8 Å². The van der Waals surface area contributed by atoms with E-state index in [0.29, 0.717) is 0 Å². The number of nitro groups is 1. The maximum absolute atomic E-state index is 11.3. The monoisotopic (exact) mass is 366 g/mol. The highest BCUT2D eigenvalue weighted by molar-refractivity contribution is 7.89. The molecule has 1 aromatic rings. The molecule has 0 heterocycles. The van der Waals surface area contributed by atoms with Crippen molar-refractivity contribution < 1.29 is 13.3 Å². The Hall–Kier alpha value is -2.52. The molecular formula is C16H22N4O4S. The zero-order chi connectivity index (χ0) is 19.0. The fourth-order valence-electron chi connectivity index (χ4n) is 1.88. The zero-order valence-corrected chi connectivity index (χ0v) is 15.2. The van der Waals surface area contributed by atoms with Gasteiger partial charge in [0.25, 0.3) is 5.69 Å². The van der Waals surface area contributed by atoms with Crippen molar-refractivity contribution in [3.63, 3.8) is 0 Å². The predicted molar refractivity (Wildman–Crippen MR) is 99.0 cm³/mol. The van der Waals surface area contributed by atoms with Crippen LogP contribution in [0.25, 0.3) is 0 Å². The molecule has 0 spiro atoms. The second-order valence-electron chi connectivity index (χ2n) is 5.70. The Morgan fingerprint density at radius 1 is 1.36 bits per heavy atom. The van der Waals surface area contributed by atoms with Crippen LogP contribution in [0, 0.1) is 10.1 Å². The number of nitrogens with one attached hydrogen (secondary N) is 1. The van der Waals surface area contributed by atoms with Gasteiger partial charge in [-0.15, -0.1) is 0 Å². The van der Waals surface area contributed by atoms with Crippen LogP contribution in [0.15, 0.2) is 51.5 Å². The Morgan fingerprint density at radius 2 is 2.04 bits per heavy atom. The standard InChI is InChI=1S/C16H22N4O4S/c1-12(2)5-4-6-13(3)9-10-18-19-15-8-7-14(25(17,23)24)11-16(15)20(21)22/h5,7-11,19H,4,6H2,1-3H3,(H2,17,23,24)/b13-9+,18-10-. The van der Waals surface area contributed by atoms with E-state index in [0.717, 1.165) is 24.5 Å². The summed E-state index contributed by atoms with van der Waals surface area (Å²) in [6.07, 6.45) is 7.27. The number of nitro benzene ring substituents is 1. The quantitative estimate of drug-likeness (QED) is 0.316. The zero-order valence-electron chi connectivity index (χ0n) is 14.4. The van der Waals surface area contributed by atoms with Crippen molar-refractivity contribution in [2.24, 2.45) is 10.2 Å². The van der Waals surface area contributed by atoms with Gasteiger partial charge < -0.3 is 0 Å². The molecule has 0 aliphatic rings. The summed E-state index contributed by atoms with van der Waals surface area (Å²) < 4.78 is 22.6. The first-order valence-electron chi connectivity index (χ1n) is 7.50. The molecule has 8 nitrogen and oxygen atoms in total. The van der Waals surface area contributed by atoms with Crippen molar-refractivity contribution in [2.75, 3.05) is 5.43 Å². The molecule has 0 aliphatic heterocycles. The Kier molecular flexibility index (Phi) is 7.46. The van der Waals surface area contributed by atoms with Crippen molar-refractivity contribution in [1.82, 2.24) is 0 Å². The molecule has 25 heavy (non-hydrogen) atoms. The number of hydrogen-bond donors (Lipinski definition) is 2. The predicted octanol–water partition coefficient (Wildman–Crippen LogP) is 3.33. The van der Waals surface area contributed by atoms with Crippen molar-refractivity contribution >= 4 is 27.6 Å². The summed E-state index contributed by atoms with van der Waals surface area (Å²) in [4.78, 5) is 10.0. The SMILES string of the molecule is CC(C)=CCC/C(C)=C/C=N\Nc1ccc(S(N)(=O)=O)cc1[N+](=O)[O-]. The van der Waals surface area contributed by atoms with Crippen LogP contribution in [0.1, 0.15) is 33.6 Å². The molecule has 1 aromatic carbocycles. The number of rotatable bonds is 8. The lowest BCUT2D eigenvalue weighted by Crippen LogP contribution is -2.12. The van der Waals surface area contributed by atoms with Gasteiger partial charge in [0.1, 0.15) is 5.69 Å². The summed E-state index contributed by atoms with van der Waals surface area (Å²) in [5.74, 6) is 0. The molecule has 0 aromatic heterocycles. The van der Waals surface area contributed by atoms with Gasteiger partial charge in [0.15, 0.2) is 0 Å². The van der Waals surface area contributed by atoms with Crippen LogP contribution < -0.4 is 10.6 Å². The highest BCUT2D eigenvalue weighted by atomic mass is 32.2. The van der Waals surface area contributed by atoms with Crippen molar-refractivity contribution in [3.05, 3.63) is 51.6 Å². The minimum Gasteiger partial charge on any atom is -0.272 e. The minimum absolute atomic E-state index is 0.0734. The summed E-state index contributed by atoms with van der Waals surface area (Å²) in [5.41, 5.74) is 4.56. The van der Waals surface area contributed by atoms with E-state index < -0.39 is 20.6 Å². The van der Waals surface area contributed by atoms with Crippen molar-refractivity contribution in [2.45, 2.75) is 38.5 Å². The van der Waals surface area contributed by atoms with Gasteiger partial charge in [0.2, 0.25) is 10.0 Å². The summed E-state index contributed by atoms with van der Waals surface area (Å²) in [6.45, 7) is 6.05. The fourth-order valence-corrected chi connectivity index (χ4v) is 2.41. The van der Waals surface area contributed by atoms with E-state index >= 15 is 0 Å². The third kappa shape index (κ3) is 7.27. The number of sulfonamides is 1. The molecule has 0 unspecified atom stereocenters. The van der Waals surface area contributed by atoms with E-state index in [9.17, 15) is 18.5 Å². The molecule has 0 atom stereocenters. The first kappa shape index (κ1) is 20.5. The number of allylic oxidation sites excluding steroid dienone is 4. The van der Waals surface area contributed by atoms with E-state index in [1.807, 2.05) is 20.8 Å². The van der Waals surface area contributed by atoms with E-state index in [1.54, 1.807) is 6.08 Å². The van der Waals surface area contributed by atoms with Gasteiger partial charge in [0, 0.05) is 12.3 Å². The van der Waals surface area contributed by atoms with E-state index in [2.05, 4.69) is 16.6 Å². The lowest BCUT2D eigenvalue weighted by Gasteiger charge is -2.04. The van der Waals surface area contributed by atoms with Crippen molar-refractivity contribution in [1.29, 1.82) is 0 Å². The second-order valence-corrected chi connectivity index (χ2v) is 7.27. The molecule has 9 heteroatoms. The third-order valence-corrected chi connectivity index (χ3v) is 4.12. The maximum Gasteiger partial charge on any atom is 0.295 e. The average Bonchev–Trinajstić information content (AvgIpc) is 2.50. The van der Waals surface area contributed by atoms with Crippen LogP contribution in [0.2, 0.25) is 0 Å². The van der Waals surface area contributed by atoms with E-state index in [-0.39, 0.29) is 10.6 Å². The first-order chi connectivity index (χ1) is 11.6. The summed E-state index contributed by atoms with van der Waals surface area (Å²) in [6, 6.07) is 3.33.